The number of aromatic nitrogens is 2. The Morgan fingerprint density at radius 3 is 2.40 bits per heavy atom. The molecule has 5 rings (SSSR count). The average molecular weight is 473 g/mol. The van der Waals surface area contributed by atoms with Crippen LogP contribution in [0, 0.1) is 12.8 Å². The third kappa shape index (κ3) is 5.30. The largest absolute Gasteiger partial charge is 0.378 e. The zero-order valence-corrected chi connectivity index (χ0v) is 20.2. The lowest BCUT2D eigenvalue weighted by Gasteiger charge is -2.33. The van der Waals surface area contributed by atoms with Crippen LogP contribution in [0.5, 0.6) is 0 Å². The molecule has 0 radical (unpaired) electrons. The highest BCUT2D eigenvalue weighted by Crippen LogP contribution is 2.28. The second-order valence-corrected chi connectivity index (χ2v) is 9.47. The molecular formula is C28H32N4O3. The highest BCUT2D eigenvalue weighted by Gasteiger charge is 2.29. The average Bonchev–Trinajstić information content (AvgIpc) is 3.35. The molecule has 2 amide bonds. The predicted octanol–water partition coefficient (Wildman–Crippen LogP) is 3.95. The van der Waals surface area contributed by atoms with E-state index in [0.29, 0.717) is 63.0 Å². The van der Waals surface area contributed by atoms with Gasteiger partial charge in [-0.15, -0.1) is 0 Å². The summed E-state index contributed by atoms with van der Waals surface area (Å²) in [6, 6.07) is 18.0. The molecule has 3 aromatic rings. The number of piperidine rings is 1. The molecule has 1 aromatic heterocycles. The van der Waals surface area contributed by atoms with Crippen molar-refractivity contribution in [3.05, 3.63) is 71.9 Å². The number of hydrogen-bond donors (Lipinski definition) is 0. The summed E-state index contributed by atoms with van der Waals surface area (Å²) < 4.78 is 7.15. The van der Waals surface area contributed by atoms with E-state index in [4.69, 9.17) is 9.84 Å². The molecule has 0 aliphatic carbocycles. The van der Waals surface area contributed by atoms with Gasteiger partial charge in [-0.2, -0.15) is 5.10 Å². The summed E-state index contributed by atoms with van der Waals surface area (Å²) in [6.07, 6.45) is 4.09. The van der Waals surface area contributed by atoms with Gasteiger partial charge in [0.2, 0.25) is 5.91 Å². The molecule has 0 atom stereocenters. The van der Waals surface area contributed by atoms with Crippen molar-refractivity contribution < 1.29 is 14.3 Å². The van der Waals surface area contributed by atoms with Crippen molar-refractivity contribution in [3.63, 3.8) is 0 Å². The minimum atomic E-state index is 0.00152. The van der Waals surface area contributed by atoms with Crippen LogP contribution in [0.3, 0.4) is 0 Å². The number of carbonyl (C=O) groups is 2. The normalized spacial score (nSPS) is 16.9. The van der Waals surface area contributed by atoms with Crippen LogP contribution in [-0.4, -0.2) is 70.8 Å². The van der Waals surface area contributed by atoms with E-state index in [9.17, 15) is 9.59 Å². The van der Waals surface area contributed by atoms with E-state index in [1.54, 1.807) is 4.68 Å². The number of morpholine rings is 1. The first-order valence-electron chi connectivity index (χ1n) is 12.5. The maximum absolute atomic E-state index is 13.7. The van der Waals surface area contributed by atoms with Gasteiger partial charge in [0.1, 0.15) is 5.69 Å². The Hall–Kier alpha value is -3.45. The maximum atomic E-state index is 13.7. The van der Waals surface area contributed by atoms with E-state index < -0.39 is 0 Å². The molecule has 0 unspecified atom stereocenters. The zero-order valence-electron chi connectivity index (χ0n) is 20.2. The van der Waals surface area contributed by atoms with Crippen molar-refractivity contribution in [1.29, 1.82) is 0 Å². The molecule has 2 aliphatic rings. The molecule has 0 spiro atoms. The Morgan fingerprint density at radius 1 is 0.943 bits per heavy atom. The van der Waals surface area contributed by atoms with Crippen LogP contribution in [0.2, 0.25) is 0 Å². The maximum Gasteiger partial charge on any atom is 0.257 e. The van der Waals surface area contributed by atoms with Crippen molar-refractivity contribution in [3.8, 4) is 16.9 Å². The summed E-state index contributed by atoms with van der Waals surface area (Å²) in [4.78, 5) is 30.2. The monoisotopic (exact) mass is 472 g/mol. The fourth-order valence-electron chi connectivity index (χ4n) is 4.95. The van der Waals surface area contributed by atoms with Crippen molar-refractivity contribution in [2.24, 2.45) is 5.92 Å². The fourth-order valence-corrected chi connectivity index (χ4v) is 4.95. The van der Waals surface area contributed by atoms with Crippen LogP contribution in [0.15, 0.2) is 60.8 Å². The van der Waals surface area contributed by atoms with Crippen LogP contribution in [0.1, 0.15) is 35.2 Å². The van der Waals surface area contributed by atoms with Gasteiger partial charge in [-0.25, -0.2) is 4.68 Å². The Balaban J connectivity index is 1.31. The third-order valence-electron chi connectivity index (χ3n) is 6.99. The first-order chi connectivity index (χ1) is 17.1. The summed E-state index contributed by atoms with van der Waals surface area (Å²) in [5.41, 5.74) is 4.30. The quantitative estimate of drug-likeness (QED) is 0.564. The molecule has 0 N–H and O–H groups in total. The number of likely N-dealkylation sites (tertiary alicyclic amines) is 1. The van der Waals surface area contributed by atoms with Gasteiger partial charge in [-0.1, -0.05) is 42.0 Å². The minimum absolute atomic E-state index is 0.00152. The van der Waals surface area contributed by atoms with Crippen LogP contribution < -0.4 is 0 Å². The summed E-state index contributed by atoms with van der Waals surface area (Å²) >= 11 is 0. The first-order valence-corrected chi connectivity index (χ1v) is 12.5. The van der Waals surface area contributed by atoms with Gasteiger partial charge < -0.3 is 14.5 Å². The van der Waals surface area contributed by atoms with E-state index in [-0.39, 0.29) is 11.8 Å². The smallest absolute Gasteiger partial charge is 0.257 e. The number of amides is 2. The molecular weight excluding hydrogens is 440 g/mol. The van der Waals surface area contributed by atoms with Gasteiger partial charge in [-0.05, 0) is 43.9 Å². The summed E-state index contributed by atoms with van der Waals surface area (Å²) in [5.74, 6) is 0.531. The lowest BCUT2D eigenvalue weighted by molar-refractivity contribution is -0.136. The van der Waals surface area contributed by atoms with Crippen molar-refractivity contribution >= 4 is 11.8 Å². The molecule has 0 saturated carbocycles. The van der Waals surface area contributed by atoms with Gasteiger partial charge in [0.15, 0.2) is 0 Å². The topological polar surface area (TPSA) is 67.7 Å². The Kier molecular flexibility index (Phi) is 6.95. The van der Waals surface area contributed by atoms with Gasteiger partial charge in [-0.3, -0.25) is 9.59 Å². The number of carbonyl (C=O) groups excluding carboxylic acids is 2. The molecule has 2 aromatic carbocycles. The summed E-state index contributed by atoms with van der Waals surface area (Å²) in [6.45, 7) is 5.97. The highest BCUT2D eigenvalue weighted by atomic mass is 16.5. The van der Waals surface area contributed by atoms with Gasteiger partial charge in [0.05, 0.1) is 24.5 Å². The third-order valence-corrected chi connectivity index (χ3v) is 6.99. The van der Waals surface area contributed by atoms with Crippen LogP contribution >= 0.6 is 0 Å². The number of rotatable bonds is 5. The molecule has 35 heavy (non-hydrogen) atoms. The standard InChI is InChI=1S/C28H32N4O3/c1-21-6-5-7-23(18-21)27-25(20-32(29-27)24-8-3-2-4-9-24)28(34)31-12-10-22(11-13-31)19-26(33)30-14-16-35-17-15-30/h2-9,18,20,22H,10-17,19H2,1H3. The lowest BCUT2D eigenvalue weighted by atomic mass is 9.92. The minimum Gasteiger partial charge on any atom is -0.378 e. The van der Waals surface area contributed by atoms with Crippen molar-refractivity contribution in [2.75, 3.05) is 39.4 Å². The molecule has 7 heteroatoms. The SMILES string of the molecule is Cc1cccc(-c2nn(-c3ccccc3)cc2C(=O)N2CCC(CC(=O)N3CCOCC3)CC2)c1. The molecule has 2 fully saturated rings. The van der Waals surface area contributed by atoms with Gasteiger partial charge >= 0.3 is 0 Å². The van der Waals surface area contributed by atoms with E-state index in [1.807, 2.05) is 71.5 Å². The van der Waals surface area contributed by atoms with Crippen LogP contribution in [0.4, 0.5) is 0 Å². The van der Waals surface area contributed by atoms with E-state index in [2.05, 4.69) is 6.07 Å². The van der Waals surface area contributed by atoms with Crippen molar-refractivity contribution in [2.45, 2.75) is 26.2 Å². The summed E-state index contributed by atoms with van der Waals surface area (Å²) in [5, 5.41) is 4.82. The molecule has 3 heterocycles. The lowest BCUT2D eigenvalue weighted by Crippen LogP contribution is -2.43. The number of nitrogens with zero attached hydrogens (tertiary/aromatic N) is 4. The Bertz CT molecular complexity index is 1180. The first kappa shape index (κ1) is 23.3. The van der Waals surface area contributed by atoms with E-state index in [0.717, 1.165) is 29.7 Å². The number of ether oxygens (including phenoxy) is 1. The van der Waals surface area contributed by atoms with Crippen LogP contribution in [-0.2, 0) is 9.53 Å². The number of para-hydroxylation sites is 1. The van der Waals surface area contributed by atoms with Crippen LogP contribution in [0.25, 0.3) is 16.9 Å². The van der Waals surface area contributed by atoms with E-state index in [1.165, 1.54) is 0 Å². The molecule has 2 aliphatic heterocycles. The Labute approximate surface area is 206 Å². The second-order valence-electron chi connectivity index (χ2n) is 9.47. The molecule has 2 saturated heterocycles. The highest BCUT2D eigenvalue weighted by molar-refractivity contribution is 6.00. The molecule has 7 nitrogen and oxygen atoms in total. The predicted molar refractivity (Wildman–Crippen MR) is 134 cm³/mol. The Morgan fingerprint density at radius 2 is 1.69 bits per heavy atom. The molecule has 182 valence electrons. The van der Waals surface area contributed by atoms with Crippen molar-refractivity contribution in [1.82, 2.24) is 19.6 Å². The van der Waals surface area contributed by atoms with E-state index >= 15 is 0 Å². The number of benzene rings is 2. The van der Waals surface area contributed by atoms with Gasteiger partial charge in [0.25, 0.3) is 5.91 Å². The number of aryl methyl sites for hydroxylation is 1. The second kappa shape index (κ2) is 10.4. The zero-order chi connectivity index (χ0) is 24.2. The fraction of sp³-hybridized carbons (Fsp3) is 0.393. The van der Waals surface area contributed by atoms with Gasteiger partial charge in [0, 0.05) is 44.4 Å². The summed E-state index contributed by atoms with van der Waals surface area (Å²) in [7, 11) is 0. The molecule has 0 bridgehead atoms. The number of hydrogen-bond acceptors (Lipinski definition) is 4.